The summed E-state index contributed by atoms with van der Waals surface area (Å²) in [6.07, 6.45) is 0.0170. The molecule has 1 heterocycles. The first-order chi connectivity index (χ1) is 24.4. The molecular formula is C34H46N4O12S2. The van der Waals surface area contributed by atoms with E-state index in [0.29, 0.717) is 24.6 Å². The number of anilines is 2. The Morgan fingerprint density at radius 2 is 1.27 bits per heavy atom. The molecular weight excluding hydrogens is 721 g/mol. The first kappa shape index (κ1) is 43.7. The van der Waals surface area contributed by atoms with Crippen LogP contribution in [0.2, 0.25) is 0 Å². The Hall–Kier alpha value is -4.43. The van der Waals surface area contributed by atoms with Crippen molar-refractivity contribution in [3.63, 3.8) is 0 Å². The molecule has 0 atom stereocenters. The van der Waals surface area contributed by atoms with Gasteiger partial charge in [-0.15, -0.1) is 0 Å². The molecule has 16 nitrogen and oxygen atoms in total. The zero-order chi connectivity index (χ0) is 39.1. The molecule has 0 aliphatic heterocycles. The molecule has 0 fully saturated rings. The van der Waals surface area contributed by atoms with Gasteiger partial charge in [0.2, 0.25) is 32.0 Å². The zero-order valence-corrected chi connectivity index (χ0v) is 31.6. The number of benzene rings is 3. The molecule has 0 bridgehead atoms. The number of fused-ring (bicyclic) bond motifs is 3. The Morgan fingerprint density at radius 1 is 0.788 bits per heavy atom. The Bertz CT molecular complexity index is 2020. The van der Waals surface area contributed by atoms with Gasteiger partial charge in [0.25, 0.3) is 0 Å². The molecule has 2 amide bonds. The number of nitrogens with one attached hydrogen (secondary N) is 2. The first-order valence-electron chi connectivity index (χ1n) is 16.3. The van der Waals surface area contributed by atoms with Gasteiger partial charge in [0.15, 0.2) is 6.54 Å². The largest absolute Gasteiger partial charge is 0.726 e. The fourth-order valence-electron chi connectivity index (χ4n) is 5.24. The molecule has 0 spiro atoms. The van der Waals surface area contributed by atoms with Crippen molar-refractivity contribution >= 4 is 66.0 Å². The minimum atomic E-state index is -4.92. The van der Waals surface area contributed by atoms with E-state index in [4.69, 9.17) is 27.0 Å². The number of carbonyl (C=O) groups is 2. The summed E-state index contributed by atoms with van der Waals surface area (Å²) in [5, 5.41) is 8.87. The van der Waals surface area contributed by atoms with E-state index in [1.807, 2.05) is 54.6 Å². The number of nitrogens with zero attached hydrogens (tertiary/aromatic N) is 2. The van der Waals surface area contributed by atoms with Crippen molar-refractivity contribution in [1.29, 1.82) is 0 Å². The molecule has 0 aliphatic carbocycles. The summed E-state index contributed by atoms with van der Waals surface area (Å²) < 4.78 is 77.5. The van der Waals surface area contributed by atoms with Crippen LogP contribution in [0.3, 0.4) is 0 Å². The van der Waals surface area contributed by atoms with Gasteiger partial charge in [0.05, 0.1) is 69.9 Å². The van der Waals surface area contributed by atoms with E-state index >= 15 is 0 Å². The maximum atomic E-state index is 12.3. The van der Waals surface area contributed by atoms with Crippen LogP contribution in [0.4, 0.5) is 21.0 Å². The molecule has 0 saturated heterocycles. The highest BCUT2D eigenvalue weighted by Gasteiger charge is 2.26. The second-order valence-electron chi connectivity index (χ2n) is 11.4. The molecule has 4 rings (SSSR count). The lowest BCUT2D eigenvalue weighted by Gasteiger charge is -2.31. The fraction of sp³-hybridized carbons (Fsp3) is 0.382. The van der Waals surface area contributed by atoms with Crippen molar-refractivity contribution in [2.24, 2.45) is 0 Å². The minimum absolute atomic E-state index is 0.300. The lowest BCUT2D eigenvalue weighted by atomic mass is 9.98. The molecule has 3 aromatic carbocycles. The number of ether oxygens (including phenoxy) is 2. The number of amides is 2. The van der Waals surface area contributed by atoms with Crippen LogP contribution in [0.5, 0.6) is 0 Å². The summed E-state index contributed by atoms with van der Waals surface area (Å²) >= 11 is 0. The van der Waals surface area contributed by atoms with E-state index in [1.165, 1.54) is 0 Å². The Labute approximate surface area is 304 Å². The molecule has 3 N–H and O–H groups in total. The molecule has 0 unspecified atom stereocenters. The SMILES string of the molecule is CCOC(=O)Nc1ccc2c(c1)c(-c1ccccc1)[n+](CCC[N+](C)(CC)CC)c1cc(NC(=O)OCC)ccc21.COS(=O)(=O)[O-].O=S(=O)([O-])O. The average molecular weight is 767 g/mol. The van der Waals surface area contributed by atoms with E-state index in [9.17, 15) is 22.6 Å². The highest BCUT2D eigenvalue weighted by atomic mass is 32.3. The molecule has 286 valence electrons. The highest BCUT2D eigenvalue weighted by molar-refractivity contribution is 7.80. The van der Waals surface area contributed by atoms with Gasteiger partial charge in [-0.25, -0.2) is 26.4 Å². The Kier molecular flexibility index (Phi) is 16.8. The van der Waals surface area contributed by atoms with Gasteiger partial charge in [0.1, 0.15) is 0 Å². The van der Waals surface area contributed by atoms with E-state index < -0.39 is 33.0 Å². The highest BCUT2D eigenvalue weighted by Crippen LogP contribution is 2.34. The predicted octanol–water partition coefficient (Wildman–Crippen LogP) is 5.06. The van der Waals surface area contributed by atoms with Gasteiger partial charge in [0, 0.05) is 22.7 Å². The van der Waals surface area contributed by atoms with E-state index in [0.717, 1.165) is 77.1 Å². The molecule has 0 aliphatic rings. The van der Waals surface area contributed by atoms with E-state index in [2.05, 4.69) is 52.4 Å². The normalized spacial score (nSPS) is 11.5. The minimum Gasteiger partial charge on any atom is -0.726 e. The van der Waals surface area contributed by atoms with Gasteiger partial charge >= 0.3 is 12.2 Å². The van der Waals surface area contributed by atoms with Crippen LogP contribution in [0.1, 0.15) is 34.1 Å². The second kappa shape index (κ2) is 20.0. The summed E-state index contributed by atoms with van der Waals surface area (Å²) in [7, 11) is -6.22. The molecule has 0 radical (unpaired) electrons. The Morgan fingerprint density at radius 3 is 1.73 bits per heavy atom. The van der Waals surface area contributed by atoms with Crippen LogP contribution in [-0.4, -0.2) is 94.2 Å². The van der Waals surface area contributed by atoms with Gasteiger partial charge in [-0.1, -0.05) is 24.3 Å². The van der Waals surface area contributed by atoms with Crippen LogP contribution in [0.15, 0.2) is 66.7 Å². The maximum absolute atomic E-state index is 12.3. The topological polar surface area (TPSA) is 224 Å². The van der Waals surface area contributed by atoms with E-state index in [-0.39, 0.29) is 0 Å². The molecule has 18 heteroatoms. The third-order valence-corrected chi connectivity index (χ3v) is 8.43. The quantitative estimate of drug-likeness (QED) is 0.0566. The summed E-state index contributed by atoms with van der Waals surface area (Å²) in [4.78, 5) is 24.5. The van der Waals surface area contributed by atoms with Crippen molar-refractivity contribution < 1.29 is 62.8 Å². The van der Waals surface area contributed by atoms with Crippen molar-refractivity contribution in [2.45, 2.75) is 40.7 Å². The van der Waals surface area contributed by atoms with Gasteiger partial charge < -0.3 is 23.1 Å². The zero-order valence-electron chi connectivity index (χ0n) is 29.9. The van der Waals surface area contributed by atoms with Crippen LogP contribution in [-0.2, 0) is 41.0 Å². The number of rotatable bonds is 12. The Balaban J connectivity index is 0.000000741. The first-order valence-corrected chi connectivity index (χ1v) is 19.0. The van der Waals surface area contributed by atoms with Crippen molar-refractivity contribution in [3.8, 4) is 11.3 Å². The monoisotopic (exact) mass is 766 g/mol. The van der Waals surface area contributed by atoms with Crippen LogP contribution in [0.25, 0.3) is 32.9 Å². The van der Waals surface area contributed by atoms with E-state index in [1.54, 1.807) is 13.8 Å². The number of aromatic nitrogens is 1. The smallest absolute Gasteiger partial charge is 0.411 e. The summed E-state index contributed by atoms with van der Waals surface area (Å²) in [5.41, 5.74) is 4.47. The molecule has 0 saturated carbocycles. The summed E-state index contributed by atoms with van der Waals surface area (Å²) in [6, 6.07) is 22.2. The number of hydrogen-bond acceptors (Lipinski definition) is 11. The standard InChI is InChI=1S/C33H40N4O4.CH4O4S.H2O4S/c1-6-37(5,7-2)21-13-20-36-30-23-26(35-33(39)41-9-4)17-19-28(30)27-18-16-25(34-32(38)40-8-3)22-29(27)31(36)24-14-11-10-12-15-24;1-5-6(2,3)4;1-5(2,3)4/h10-12,14-19,22-23H,6-9,13,20-21H2,1-5H3;1H3,(H,2,3,4);(H2,1,2,3,4). The molecule has 1 aromatic heterocycles. The van der Waals surface area contributed by atoms with Crippen molar-refractivity contribution in [2.75, 3.05) is 57.6 Å². The lowest BCUT2D eigenvalue weighted by Crippen LogP contribution is -2.46. The number of aryl methyl sites for hydroxylation is 1. The van der Waals surface area contributed by atoms with Gasteiger partial charge in [-0.05, 0) is 64.1 Å². The number of pyridine rings is 1. The molecule has 52 heavy (non-hydrogen) atoms. The van der Waals surface area contributed by atoms with Gasteiger partial charge in [-0.3, -0.25) is 19.4 Å². The van der Waals surface area contributed by atoms with Crippen LogP contribution < -0.4 is 15.2 Å². The number of quaternary nitrogens is 1. The third-order valence-electron chi connectivity index (χ3n) is 8.02. The van der Waals surface area contributed by atoms with Crippen LogP contribution in [0, 0.1) is 0 Å². The number of hydrogen-bond donors (Lipinski definition) is 3. The summed E-state index contributed by atoms with van der Waals surface area (Å²) in [5.74, 6) is 0. The van der Waals surface area contributed by atoms with Crippen LogP contribution >= 0.6 is 0 Å². The second-order valence-corrected chi connectivity index (χ2v) is 13.4. The molecule has 4 aromatic rings. The summed E-state index contributed by atoms with van der Waals surface area (Å²) in [6.45, 7) is 12.6. The number of carbonyl (C=O) groups excluding carboxylic acids is 2. The fourth-order valence-corrected chi connectivity index (χ4v) is 5.24. The maximum Gasteiger partial charge on any atom is 0.411 e. The van der Waals surface area contributed by atoms with Gasteiger partial charge in [-0.2, -0.15) is 4.57 Å². The third kappa shape index (κ3) is 14.3. The van der Waals surface area contributed by atoms with Crippen molar-refractivity contribution in [3.05, 3.63) is 66.7 Å². The lowest BCUT2D eigenvalue weighted by molar-refractivity contribution is -0.908. The predicted molar refractivity (Wildman–Crippen MR) is 194 cm³/mol. The van der Waals surface area contributed by atoms with Crippen molar-refractivity contribution in [1.82, 2.24) is 0 Å². The average Bonchev–Trinajstić information content (AvgIpc) is 3.08.